The van der Waals surface area contributed by atoms with Crippen molar-refractivity contribution >= 4 is 74.6 Å². The second-order valence-electron chi connectivity index (χ2n) is 6.92. The summed E-state index contributed by atoms with van der Waals surface area (Å²) in [5, 5.41) is 0.132. The number of hydrogen-bond donors (Lipinski definition) is 4. The molecule has 5 rings (SSSR count). The molecule has 160 valence electrons. The van der Waals surface area contributed by atoms with Crippen LogP contribution in [0.15, 0.2) is 68.3 Å². The molecule has 11 heteroatoms. The Balaban J connectivity index is 1.42. The van der Waals surface area contributed by atoms with E-state index in [0.717, 1.165) is 38.0 Å². The molecule has 2 aromatic carbocycles. The lowest BCUT2D eigenvalue weighted by Crippen LogP contribution is -2.32. The number of nitrogens with zero attached hydrogens (tertiary/aromatic N) is 4. The van der Waals surface area contributed by atoms with E-state index < -0.39 is 0 Å². The highest BCUT2D eigenvalue weighted by Crippen LogP contribution is 2.36. The van der Waals surface area contributed by atoms with Crippen molar-refractivity contribution < 1.29 is 0 Å². The largest absolute Gasteiger partial charge is 0.383 e. The molecule has 8 nitrogen and oxygen atoms in total. The average molecular weight is 479 g/mol. The summed E-state index contributed by atoms with van der Waals surface area (Å²) in [6, 6.07) is 15.9. The molecule has 0 unspecified atom stereocenters. The van der Waals surface area contributed by atoms with Crippen LogP contribution in [0.25, 0.3) is 22.1 Å². The lowest BCUT2D eigenvalue weighted by atomic mass is 10.2. The van der Waals surface area contributed by atoms with Crippen LogP contribution in [-0.4, -0.2) is 36.7 Å². The molecule has 2 aromatic heterocycles. The molecule has 0 aliphatic carbocycles. The van der Waals surface area contributed by atoms with E-state index in [-0.39, 0.29) is 16.8 Å². The first kappa shape index (κ1) is 20.7. The zero-order valence-electron chi connectivity index (χ0n) is 16.7. The molecule has 1 aliphatic heterocycles. The van der Waals surface area contributed by atoms with Crippen molar-refractivity contribution in [2.75, 3.05) is 0 Å². The third kappa shape index (κ3) is 4.27. The summed E-state index contributed by atoms with van der Waals surface area (Å²) < 4.78 is 0.885. The maximum Gasteiger partial charge on any atom is 0.223 e. The first-order valence-corrected chi connectivity index (χ1v) is 12.0. The highest BCUT2D eigenvalue weighted by atomic mass is 32.2. The van der Waals surface area contributed by atoms with Crippen LogP contribution >= 0.6 is 35.7 Å². The molecule has 0 saturated heterocycles. The Hall–Kier alpha value is -3.15. The second-order valence-corrected chi connectivity index (χ2v) is 9.51. The summed E-state index contributed by atoms with van der Waals surface area (Å²) in [4.78, 5) is 24.3. The molecule has 0 spiro atoms. The number of fused-ring (bicyclic) bond motifs is 2. The molecule has 4 aromatic rings. The van der Waals surface area contributed by atoms with Crippen LogP contribution in [0.4, 0.5) is 0 Å². The highest BCUT2D eigenvalue weighted by Gasteiger charge is 2.22. The monoisotopic (exact) mass is 478 g/mol. The van der Waals surface area contributed by atoms with Crippen LogP contribution in [0.1, 0.15) is 11.6 Å². The zero-order valence-corrected chi connectivity index (χ0v) is 19.2. The zero-order chi connectivity index (χ0) is 22.1. The maximum atomic E-state index is 6.19. The van der Waals surface area contributed by atoms with E-state index in [1.54, 1.807) is 23.5 Å². The Bertz CT molecular complexity index is 1260. The molecular formula is C21H18N8S3. The number of benzene rings is 2. The third-order valence-electron chi connectivity index (χ3n) is 4.71. The van der Waals surface area contributed by atoms with Gasteiger partial charge < -0.3 is 21.4 Å². The number of hydrogen-bond acceptors (Lipinski definition) is 7. The highest BCUT2D eigenvalue weighted by molar-refractivity contribution is 8.21. The number of amidine groups is 2. The van der Waals surface area contributed by atoms with Gasteiger partial charge in [-0.1, -0.05) is 24.3 Å². The van der Waals surface area contributed by atoms with E-state index in [2.05, 4.69) is 29.9 Å². The van der Waals surface area contributed by atoms with Crippen LogP contribution in [-0.2, 0) is 11.5 Å². The summed E-state index contributed by atoms with van der Waals surface area (Å²) in [5.74, 6) is 3.46. The number of aromatic nitrogens is 4. The predicted octanol–water partition coefficient (Wildman–Crippen LogP) is 3.83. The fourth-order valence-electron chi connectivity index (χ4n) is 3.29. The molecule has 0 amide bonds. The van der Waals surface area contributed by atoms with Crippen molar-refractivity contribution in [3.63, 3.8) is 0 Å². The van der Waals surface area contributed by atoms with Crippen LogP contribution < -0.4 is 11.5 Å². The van der Waals surface area contributed by atoms with Gasteiger partial charge in [0.05, 0.1) is 43.4 Å². The SMILES string of the molecule is NC1=NC(=S)N=C(N)C1=C(SCc1nc2ccccc2[nH]1)SCc1nc2ccccc2[nH]1. The topological polar surface area (TPSA) is 134 Å². The molecule has 3 heterocycles. The molecule has 6 N–H and O–H groups in total. The first-order valence-electron chi connectivity index (χ1n) is 9.67. The smallest absolute Gasteiger partial charge is 0.223 e. The average Bonchev–Trinajstić information content (AvgIpc) is 3.37. The van der Waals surface area contributed by atoms with Crippen LogP contribution in [0.2, 0.25) is 0 Å². The predicted molar refractivity (Wildman–Crippen MR) is 138 cm³/mol. The number of nitrogens with one attached hydrogen (secondary N) is 2. The van der Waals surface area contributed by atoms with Gasteiger partial charge >= 0.3 is 0 Å². The van der Waals surface area contributed by atoms with Gasteiger partial charge in [0.15, 0.2) is 0 Å². The number of nitrogens with two attached hydrogens (primary N) is 2. The van der Waals surface area contributed by atoms with Gasteiger partial charge in [0.1, 0.15) is 23.3 Å². The molecule has 0 radical (unpaired) electrons. The summed E-state index contributed by atoms with van der Waals surface area (Å²) in [6.07, 6.45) is 0. The number of aromatic amines is 2. The minimum Gasteiger partial charge on any atom is -0.383 e. The Morgan fingerprint density at radius 3 is 1.72 bits per heavy atom. The van der Waals surface area contributed by atoms with E-state index in [0.29, 0.717) is 17.1 Å². The van der Waals surface area contributed by atoms with Gasteiger partial charge in [0, 0.05) is 0 Å². The van der Waals surface area contributed by atoms with Crippen molar-refractivity contribution in [3.8, 4) is 0 Å². The van der Waals surface area contributed by atoms with Crippen LogP contribution in [0, 0.1) is 0 Å². The lowest BCUT2D eigenvalue weighted by Gasteiger charge is -2.16. The third-order valence-corrected chi connectivity index (χ3v) is 7.36. The van der Waals surface area contributed by atoms with Gasteiger partial charge in [0.2, 0.25) is 5.11 Å². The van der Waals surface area contributed by atoms with E-state index in [9.17, 15) is 0 Å². The molecule has 1 aliphatic rings. The number of thioether (sulfide) groups is 2. The summed E-state index contributed by atoms with van der Waals surface area (Å²) >= 11 is 8.20. The number of rotatable bonds is 6. The Labute approximate surface area is 197 Å². The minimum absolute atomic E-state index is 0.132. The Kier molecular flexibility index (Phi) is 5.68. The molecule has 0 saturated carbocycles. The molecule has 0 atom stereocenters. The maximum absolute atomic E-state index is 6.19. The normalized spacial score (nSPS) is 14.1. The van der Waals surface area contributed by atoms with Gasteiger partial charge in [-0.3, -0.25) is 0 Å². The van der Waals surface area contributed by atoms with Gasteiger partial charge in [0.25, 0.3) is 0 Å². The van der Waals surface area contributed by atoms with Gasteiger partial charge in [-0.25, -0.2) is 20.0 Å². The van der Waals surface area contributed by atoms with Crippen molar-refractivity contribution in [2.45, 2.75) is 11.5 Å². The summed E-state index contributed by atoms with van der Waals surface area (Å²) in [6.45, 7) is 0. The number of aliphatic imine (C=N–C) groups is 2. The van der Waals surface area contributed by atoms with E-state index in [4.69, 9.17) is 23.7 Å². The standard InChI is InChI=1S/C21H18N8S3/c22-18-17(19(23)29-21(30)28-18)20(31-9-15-24-11-5-1-2-6-12(11)25-15)32-10-16-26-13-7-3-4-8-14(13)27-16/h1-8H,9-10H2,(H,24,25)(H,26,27)(H4,22,23,28,29,30). The lowest BCUT2D eigenvalue weighted by molar-refractivity contribution is 1.14. The van der Waals surface area contributed by atoms with Gasteiger partial charge in [-0.2, -0.15) is 0 Å². The Morgan fingerprint density at radius 2 is 1.25 bits per heavy atom. The van der Waals surface area contributed by atoms with Crippen LogP contribution in [0.5, 0.6) is 0 Å². The number of imidazole rings is 2. The minimum atomic E-state index is 0.132. The van der Waals surface area contributed by atoms with E-state index in [1.165, 1.54) is 0 Å². The Morgan fingerprint density at radius 1 is 0.781 bits per heavy atom. The van der Waals surface area contributed by atoms with E-state index >= 15 is 0 Å². The van der Waals surface area contributed by atoms with Gasteiger partial charge in [-0.15, -0.1) is 23.5 Å². The number of para-hydroxylation sites is 4. The fourth-order valence-corrected chi connectivity index (χ4v) is 5.68. The van der Waals surface area contributed by atoms with Gasteiger partial charge in [-0.05, 0) is 36.5 Å². The van der Waals surface area contributed by atoms with Crippen molar-refractivity contribution in [3.05, 3.63) is 70.0 Å². The van der Waals surface area contributed by atoms with Crippen LogP contribution in [0.3, 0.4) is 0 Å². The summed E-state index contributed by atoms with van der Waals surface area (Å²) in [7, 11) is 0. The quantitative estimate of drug-likeness (QED) is 0.309. The fraction of sp³-hybridized carbons (Fsp3) is 0.0952. The number of thiocarbonyl (C=S) groups is 1. The molecule has 0 fully saturated rings. The molecular weight excluding hydrogens is 460 g/mol. The van der Waals surface area contributed by atoms with Crippen molar-refractivity contribution in [1.29, 1.82) is 0 Å². The van der Waals surface area contributed by atoms with Crippen molar-refractivity contribution in [1.82, 2.24) is 19.9 Å². The van der Waals surface area contributed by atoms with E-state index in [1.807, 2.05) is 48.5 Å². The number of H-pyrrole nitrogens is 2. The van der Waals surface area contributed by atoms with Crippen molar-refractivity contribution in [2.24, 2.45) is 21.5 Å². The summed E-state index contributed by atoms with van der Waals surface area (Å²) in [5.41, 5.74) is 16.8. The molecule has 0 bridgehead atoms. The second kappa shape index (κ2) is 8.77. The molecule has 32 heavy (non-hydrogen) atoms. The first-order chi connectivity index (χ1) is 15.6.